The van der Waals surface area contributed by atoms with Crippen molar-refractivity contribution in [1.29, 1.82) is 0 Å². The van der Waals surface area contributed by atoms with Gasteiger partial charge >= 0.3 is 0 Å². The second-order valence-corrected chi connectivity index (χ2v) is 6.14. The van der Waals surface area contributed by atoms with Crippen LogP contribution in [0.1, 0.15) is 62.7 Å². The van der Waals surface area contributed by atoms with Crippen molar-refractivity contribution in [2.24, 2.45) is 0 Å². The van der Waals surface area contributed by atoms with Crippen LogP contribution in [0.3, 0.4) is 0 Å². The largest absolute Gasteiger partial charge is 0.388 e. The SMILES string of the molecule is CCCCC/C(=C\c1ccccc1)CCC(O)c1ccccc1. The number of benzene rings is 2. The van der Waals surface area contributed by atoms with Crippen LogP contribution in [-0.4, -0.2) is 5.11 Å². The average Bonchev–Trinajstić information content (AvgIpc) is 2.61. The van der Waals surface area contributed by atoms with E-state index in [1.165, 1.54) is 30.4 Å². The predicted octanol–water partition coefficient (Wildman–Crippen LogP) is 6.16. The van der Waals surface area contributed by atoms with Crippen LogP contribution < -0.4 is 0 Å². The molecule has 0 aromatic heterocycles. The molecule has 23 heavy (non-hydrogen) atoms. The maximum Gasteiger partial charge on any atom is 0.0793 e. The predicted molar refractivity (Wildman–Crippen MR) is 99.2 cm³/mol. The maximum absolute atomic E-state index is 10.4. The number of rotatable bonds is 9. The molecule has 0 bridgehead atoms. The Kier molecular flexibility index (Phi) is 7.62. The lowest BCUT2D eigenvalue weighted by atomic mass is 9.96. The Hall–Kier alpha value is -1.86. The zero-order valence-corrected chi connectivity index (χ0v) is 14.1. The van der Waals surface area contributed by atoms with E-state index < -0.39 is 0 Å². The van der Waals surface area contributed by atoms with Crippen molar-refractivity contribution in [3.8, 4) is 0 Å². The average molecular weight is 308 g/mol. The molecule has 2 aromatic carbocycles. The van der Waals surface area contributed by atoms with Gasteiger partial charge in [-0.2, -0.15) is 0 Å². The molecule has 0 aliphatic carbocycles. The molecule has 0 aliphatic rings. The van der Waals surface area contributed by atoms with E-state index in [9.17, 15) is 5.11 Å². The topological polar surface area (TPSA) is 20.2 Å². The molecule has 0 radical (unpaired) electrons. The third kappa shape index (κ3) is 6.42. The van der Waals surface area contributed by atoms with Crippen molar-refractivity contribution >= 4 is 6.08 Å². The van der Waals surface area contributed by atoms with E-state index in [1.54, 1.807) is 0 Å². The number of aliphatic hydroxyl groups is 1. The number of hydrogen-bond donors (Lipinski definition) is 1. The first-order valence-corrected chi connectivity index (χ1v) is 8.77. The number of aliphatic hydroxyl groups excluding tert-OH is 1. The van der Waals surface area contributed by atoms with Crippen LogP contribution in [0.5, 0.6) is 0 Å². The first-order chi connectivity index (χ1) is 11.3. The molecule has 1 nitrogen and oxygen atoms in total. The van der Waals surface area contributed by atoms with E-state index in [0.29, 0.717) is 0 Å². The summed E-state index contributed by atoms with van der Waals surface area (Å²) < 4.78 is 0. The van der Waals surface area contributed by atoms with E-state index in [4.69, 9.17) is 0 Å². The van der Waals surface area contributed by atoms with Gasteiger partial charge in [-0.3, -0.25) is 0 Å². The van der Waals surface area contributed by atoms with Crippen molar-refractivity contribution < 1.29 is 5.11 Å². The zero-order chi connectivity index (χ0) is 16.3. The number of allylic oxidation sites excluding steroid dienone is 1. The first kappa shape index (κ1) is 17.5. The van der Waals surface area contributed by atoms with Crippen LogP contribution in [0.2, 0.25) is 0 Å². The van der Waals surface area contributed by atoms with Gasteiger partial charge in [0.25, 0.3) is 0 Å². The van der Waals surface area contributed by atoms with E-state index in [1.807, 2.05) is 36.4 Å². The highest BCUT2D eigenvalue weighted by molar-refractivity contribution is 5.52. The summed E-state index contributed by atoms with van der Waals surface area (Å²) in [4.78, 5) is 0. The minimum atomic E-state index is -0.374. The fourth-order valence-corrected chi connectivity index (χ4v) is 2.82. The molecule has 0 spiro atoms. The lowest BCUT2D eigenvalue weighted by Crippen LogP contribution is -1.98. The summed E-state index contributed by atoms with van der Waals surface area (Å²) in [6, 6.07) is 20.5. The standard InChI is InChI=1S/C22H28O/c1-2-3-6-11-20(18-19-12-7-4-8-13-19)16-17-22(23)21-14-9-5-10-15-21/h4-5,7-10,12-15,18,22-23H,2-3,6,11,16-17H2,1H3/b20-18+. The van der Waals surface area contributed by atoms with Crippen molar-refractivity contribution in [2.45, 2.75) is 51.6 Å². The van der Waals surface area contributed by atoms with Gasteiger partial charge in [-0.05, 0) is 36.8 Å². The molecule has 0 aliphatic heterocycles. The van der Waals surface area contributed by atoms with Gasteiger partial charge in [0.2, 0.25) is 0 Å². The van der Waals surface area contributed by atoms with Gasteiger partial charge in [0, 0.05) is 0 Å². The molecule has 0 amide bonds. The molecule has 1 unspecified atom stereocenters. The summed E-state index contributed by atoms with van der Waals surface area (Å²) in [6.07, 6.45) is 8.54. The molecule has 1 atom stereocenters. The Morgan fingerprint density at radius 3 is 2.22 bits per heavy atom. The van der Waals surface area contributed by atoms with E-state index in [2.05, 4.69) is 37.3 Å². The Morgan fingerprint density at radius 1 is 0.913 bits per heavy atom. The summed E-state index contributed by atoms with van der Waals surface area (Å²) >= 11 is 0. The molecule has 2 aromatic rings. The van der Waals surface area contributed by atoms with Gasteiger partial charge in [0.1, 0.15) is 0 Å². The first-order valence-electron chi connectivity index (χ1n) is 8.77. The molecular weight excluding hydrogens is 280 g/mol. The Balaban J connectivity index is 1.98. The van der Waals surface area contributed by atoms with Crippen LogP contribution in [0.4, 0.5) is 0 Å². The van der Waals surface area contributed by atoms with Gasteiger partial charge in [-0.1, -0.05) is 92.1 Å². The lowest BCUT2D eigenvalue weighted by Gasteiger charge is -2.13. The summed E-state index contributed by atoms with van der Waals surface area (Å²) in [5.41, 5.74) is 3.72. The van der Waals surface area contributed by atoms with Crippen LogP contribution in [0.25, 0.3) is 6.08 Å². The Morgan fingerprint density at radius 2 is 1.57 bits per heavy atom. The van der Waals surface area contributed by atoms with E-state index in [0.717, 1.165) is 24.8 Å². The van der Waals surface area contributed by atoms with Crippen LogP contribution >= 0.6 is 0 Å². The fourth-order valence-electron chi connectivity index (χ4n) is 2.82. The minimum absolute atomic E-state index is 0.374. The highest BCUT2D eigenvalue weighted by atomic mass is 16.3. The maximum atomic E-state index is 10.4. The third-order valence-corrected chi connectivity index (χ3v) is 4.20. The Labute approximate surface area is 140 Å². The van der Waals surface area contributed by atoms with Gasteiger partial charge in [-0.15, -0.1) is 0 Å². The van der Waals surface area contributed by atoms with E-state index >= 15 is 0 Å². The third-order valence-electron chi connectivity index (χ3n) is 4.20. The highest BCUT2D eigenvalue weighted by Gasteiger charge is 2.08. The molecule has 0 saturated carbocycles. The van der Waals surface area contributed by atoms with Crippen molar-refractivity contribution in [3.05, 3.63) is 77.4 Å². The van der Waals surface area contributed by atoms with Crippen molar-refractivity contribution in [2.75, 3.05) is 0 Å². The van der Waals surface area contributed by atoms with Crippen molar-refractivity contribution in [3.63, 3.8) is 0 Å². The summed E-state index contributed by atoms with van der Waals surface area (Å²) in [5.74, 6) is 0. The second kappa shape index (κ2) is 10.0. The molecule has 1 heteroatoms. The second-order valence-electron chi connectivity index (χ2n) is 6.14. The quantitative estimate of drug-likeness (QED) is 0.550. The molecule has 0 saturated heterocycles. The van der Waals surface area contributed by atoms with Gasteiger partial charge in [0.05, 0.1) is 6.10 Å². The molecule has 1 N–H and O–H groups in total. The summed E-state index contributed by atoms with van der Waals surface area (Å²) in [7, 11) is 0. The molecule has 0 fully saturated rings. The molecular formula is C22H28O. The summed E-state index contributed by atoms with van der Waals surface area (Å²) in [6.45, 7) is 2.24. The molecule has 2 rings (SSSR count). The van der Waals surface area contributed by atoms with Gasteiger partial charge in [0.15, 0.2) is 0 Å². The molecule has 122 valence electrons. The monoisotopic (exact) mass is 308 g/mol. The van der Waals surface area contributed by atoms with Crippen molar-refractivity contribution in [1.82, 2.24) is 0 Å². The zero-order valence-electron chi connectivity index (χ0n) is 14.1. The number of hydrogen-bond acceptors (Lipinski definition) is 1. The normalized spacial score (nSPS) is 13.0. The Bertz CT molecular complexity index is 571. The summed E-state index contributed by atoms with van der Waals surface area (Å²) in [5, 5.41) is 10.4. The fraction of sp³-hybridized carbons (Fsp3) is 0.364. The van der Waals surface area contributed by atoms with Crippen LogP contribution in [0, 0.1) is 0 Å². The molecule has 0 heterocycles. The number of unbranched alkanes of at least 4 members (excludes halogenated alkanes) is 2. The minimum Gasteiger partial charge on any atom is -0.388 e. The van der Waals surface area contributed by atoms with E-state index in [-0.39, 0.29) is 6.10 Å². The highest BCUT2D eigenvalue weighted by Crippen LogP contribution is 2.24. The lowest BCUT2D eigenvalue weighted by molar-refractivity contribution is 0.167. The van der Waals surface area contributed by atoms with Gasteiger partial charge < -0.3 is 5.11 Å². The van der Waals surface area contributed by atoms with Crippen LogP contribution in [0.15, 0.2) is 66.2 Å². The smallest absolute Gasteiger partial charge is 0.0793 e. The van der Waals surface area contributed by atoms with Crippen LogP contribution in [-0.2, 0) is 0 Å². The van der Waals surface area contributed by atoms with Gasteiger partial charge in [-0.25, -0.2) is 0 Å².